The van der Waals surface area contributed by atoms with Crippen LogP contribution in [0.4, 0.5) is 14.9 Å². The summed E-state index contributed by atoms with van der Waals surface area (Å²) >= 11 is 0. The molecule has 1 aromatic carbocycles. The summed E-state index contributed by atoms with van der Waals surface area (Å²) in [6.07, 6.45) is 1.42. The van der Waals surface area contributed by atoms with E-state index in [1.54, 1.807) is 32.3 Å². The number of nitro groups is 1. The Kier molecular flexibility index (Phi) is 10.6. The van der Waals surface area contributed by atoms with E-state index in [2.05, 4.69) is 15.6 Å². The van der Waals surface area contributed by atoms with Crippen molar-refractivity contribution in [2.45, 2.75) is 70.6 Å². The standard InChI is InChI=1S/C23H34FN7O6/c1-23(2,3)37-22(34)30-14-15(13-18(30)20(33)28-17-10-7-6-9-16(17)24)27-19(32)11-5-4-8-12-26-21(25)29-31(35)36/h6-7,9-10,15,18H,4-5,8,11-14H2,1-3H3,(H,27,32)(H,28,33)(H3,25,26,29)/t15-,18-/m0/s1. The first-order valence-electron chi connectivity index (χ1n) is 11.9. The zero-order valence-electron chi connectivity index (χ0n) is 21.2. The molecular formula is C23H34FN7O6. The fourth-order valence-corrected chi connectivity index (χ4v) is 3.69. The fourth-order valence-electron chi connectivity index (χ4n) is 3.69. The Morgan fingerprint density at radius 2 is 1.95 bits per heavy atom. The quantitative estimate of drug-likeness (QED) is 0.118. The lowest BCUT2D eigenvalue weighted by Crippen LogP contribution is -2.45. The molecule has 1 aliphatic heterocycles. The van der Waals surface area contributed by atoms with Gasteiger partial charge in [-0.2, -0.15) is 0 Å². The number of carbonyl (C=O) groups excluding carboxylic acids is 3. The van der Waals surface area contributed by atoms with Crippen molar-refractivity contribution in [3.05, 3.63) is 40.2 Å². The van der Waals surface area contributed by atoms with Gasteiger partial charge in [0.1, 0.15) is 17.5 Å². The van der Waals surface area contributed by atoms with Crippen molar-refractivity contribution >= 4 is 29.6 Å². The largest absolute Gasteiger partial charge is 0.444 e. The molecule has 13 nitrogen and oxygen atoms in total. The highest BCUT2D eigenvalue weighted by atomic mass is 19.1. The molecule has 1 heterocycles. The third-order valence-corrected chi connectivity index (χ3v) is 5.28. The molecule has 0 aliphatic carbocycles. The van der Waals surface area contributed by atoms with Crippen LogP contribution in [-0.4, -0.2) is 64.6 Å². The number of carbonyl (C=O) groups is 3. The molecule has 3 amide bonds. The van der Waals surface area contributed by atoms with Gasteiger partial charge in [-0.25, -0.2) is 24.3 Å². The third kappa shape index (κ3) is 10.3. The molecule has 0 spiro atoms. The van der Waals surface area contributed by atoms with Crippen LogP contribution < -0.4 is 21.8 Å². The van der Waals surface area contributed by atoms with Gasteiger partial charge < -0.3 is 21.1 Å². The summed E-state index contributed by atoms with van der Waals surface area (Å²) in [5, 5.41) is 14.8. The summed E-state index contributed by atoms with van der Waals surface area (Å²) < 4.78 is 19.5. The van der Waals surface area contributed by atoms with Crippen LogP contribution in [0, 0.1) is 15.9 Å². The number of benzene rings is 1. The maximum absolute atomic E-state index is 14.0. The van der Waals surface area contributed by atoms with Crippen molar-refractivity contribution in [2.75, 3.05) is 18.4 Å². The van der Waals surface area contributed by atoms with Crippen LogP contribution in [0.15, 0.2) is 29.3 Å². The fraction of sp³-hybridized carbons (Fsp3) is 0.565. The number of aliphatic imine (C=N–C) groups is 1. The molecule has 0 bridgehead atoms. The number of nitrogens with one attached hydrogen (secondary N) is 3. The van der Waals surface area contributed by atoms with Crippen molar-refractivity contribution < 1.29 is 28.5 Å². The first kappa shape index (κ1) is 29.3. The molecule has 0 saturated carbocycles. The van der Waals surface area contributed by atoms with Gasteiger partial charge in [-0.1, -0.05) is 24.0 Å². The van der Waals surface area contributed by atoms with Crippen molar-refractivity contribution in [3.63, 3.8) is 0 Å². The molecule has 1 aliphatic rings. The molecule has 1 aromatic rings. The number of para-hydroxylation sites is 1. The number of hydrazine groups is 1. The Balaban J connectivity index is 1.91. The summed E-state index contributed by atoms with van der Waals surface area (Å²) in [5.41, 5.74) is 6.27. The molecule has 204 valence electrons. The normalized spacial score (nSPS) is 17.7. The van der Waals surface area contributed by atoms with Gasteiger partial charge in [-0.15, -0.1) is 0 Å². The summed E-state index contributed by atoms with van der Waals surface area (Å²) in [6, 6.07) is 4.24. The molecule has 0 aromatic heterocycles. The second-order valence-electron chi connectivity index (χ2n) is 9.56. The summed E-state index contributed by atoms with van der Waals surface area (Å²) in [4.78, 5) is 53.5. The highest BCUT2D eigenvalue weighted by Crippen LogP contribution is 2.24. The SMILES string of the molecule is CC(C)(C)OC(=O)N1C[C@@H](NC(=O)CCCCCN=C(N)N[N+](=O)[O-])C[C@H]1C(=O)Nc1ccccc1F. The lowest BCUT2D eigenvalue weighted by molar-refractivity contribution is -0.525. The Morgan fingerprint density at radius 1 is 1.24 bits per heavy atom. The van der Waals surface area contributed by atoms with Gasteiger partial charge in [0.05, 0.1) is 5.69 Å². The van der Waals surface area contributed by atoms with E-state index in [9.17, 15) is 28.9 Å². The van der Waals surface area contributed by atoms with E-state index in [1.165, 1.54) is 23.1 Å². The molecular weight excluding hydrogens is 489 g/mol. The molecule has 1 saturated heterocycles. The van der Waals surface area contributed by atoms with Gasteiger partial charge >= 0.3 is 6.09 Å². The topological polar surface area (TPSA) is 181 Å². The second kappa shape index (κ2) is 13.4. The maximum Gasteiger partial charge on any atom is 0.411 e. The van der Waals surface area contributed by atoms with E-state index in [4.69, 9.17) is 10.5 Å². The number of ether oxygens (including phenoxy) is 1. The Hall–Kier alpha value is -3.97. The number of nitrogens with zero attached hydrogens (tertiary/aromatic N) is 3. The third-order valence-electron chi connectivity index (χ3n) is 5.28. The van der Waals surface area contributed by atoms with Gasteiger partial charge in [0.25, 0.3) is 5.96 Å². The van der Waals surface area contributed by atoms with E-state index < -0.39 is 40.5 Å². The predicted molar refractivity (Wildman–Crippen MR) is 133 cm³/mol. The minimum atomic E-state index is -0.962. The van der Waals surface area contributed by atoms with Crippen LogP contribution in [0.25, 0.3) is 0 Å². The first-order chi connectivity index (χ1) is 17.4. The monoisotopic (exact) mass is 523 g/mol. The van der Waals surface area contributed by atoms with Crippen LogP contribution in [0.5, 0.6) is 0 Å². The van der Waals surface area contributed by atoms with E-state index in [1.807, 2.05) is 0 Å². The Morgan fingerprint density at radius 3 is 2.59 bits per heavy atom. The number of amides is 3. The van der Waals surface area contributed by atoms with Gasteiger partial charge in [0, 0.05) is 25.6 Å². The van der Waals surface area contributed by atoms with Crippen LogP contribution in [0.2, 0.25) is 0 Å². The number of guanidine groups is 1. The van der Waals surface area contributed by atoms with Gasteiger partial charge in [0.15, 0.2) is 5.03 Å². The maximum atomic E-state index is 14.0. The molecule has 2 rings (SSSR count). The molecule has 37 heavy (non-hydrogen) atoms. The minimum absolute atomic E-state index is 0.00984. The van der Waals surface area contributed by atoms with E-state index in [0.29, 0.717) is 19.3 Å². The average molecular weight is 524 g/mol. The lowest BCUT2D eigenvalue weighted by atomic mass is 10.1. The number of likely N-dealkylation sites (tertiary alicyclic amines) is 1. The number of anilines is 1. The molecule has 1 fully saturated rings. The average Bonchev–Trinajstić information content (AvgIpc) is 3.20. The number of nitrogens with two attached hydrogens (primary N) is 1. The number of halogens is 1. The summed E-state index contributed by atoms with van der Waals surface area (Å²) in [5.74, 6) is -1.72. The zero-order valence-corrected chi connectivity index (χ0v) is 21.2. The van der Waals surface area contributed by atoms with Crippen molar-refractivity contribution in [2.24, 2.45) is 10.7 Å². The van der Waals surface area contributed by atoms with Gasteiger partial charge in [-0.05, 0) is 52.2 Å². The summed E-state index contributed by atoms with van der Waals surface area (Å²) in [6.45, 7) is 5.45. The van der Waals surface area contributed by atoms with Crippen LogP contribution in [-0.2, 0) is 14.3 Å². The van der Waals surface area contributed by atoms with Crippen molar-refractivity contribution in [1.82, 2.24) is 15.6 Å². The Bertz CT molecular complexity index is 1010. The number of hydrogen-bond donors (Lipinski definition) is 4. The lowest BCUT2D eigenvalue weighted by Gasteiger charge is -2.28. The number of unbranched alkanes of at least 4 members (excludes halogenated alkanes) is 2. The van der Waals surface area contributed by atoms with Crippen molar-refractivity contribution in [1.29, 1.82) is 0 Å². The van der Waals surface area contributed by atoms with Crippen LogP contribution >= 0.6 is 0 Å². The van der Waals surface area contributed by atoms with Crippen LogP contribution in [0.3, 0.4) is 0 Å². The number of rotatable bonds is 10. The van der Waals surface area contributed by atoms with Crippen LogP contribution in [0.1, 0.15) is 52.9 Å². The smallest absolute Gasteiger partial charge is 0.411 e. The molecule has 0 radical (unpaired) electrons. The van der Waals surface area contributed by atoms with E-state index in [0.717, 1.165) is 0 Å². The number of hydrogen-bond acceptors (Lipinski definition) is 7. The second-order valence-corrected chi connectivity index (χ2v) is 9.56. The zero-order chi connectivity index (χ0) is 27.6. The van der Waals surface area contributed by atoms with E-state index >= 15 is 0 Å². The minimum Gasteiger partial charge on any atom is -0.444 e. The Labute approximate surface area is 214 Å². The van der Waals surface area contributed by atoms with E-state index in [-0.39, 0.29) is 43.5 Å². The molecule has 14 heteroatoms. The van der Waals surface area contributed by atoms with Gasteiger partial charge in [-0.3, -0.25) is 14.5 Å². The molecule has 5 N–H and O–H groups in total. The first-order valence-corrected chi connectivity index (χ1v) is 11.9. The highest BCUT2D eigenvalue weighted by Gasteiger charge is 2.42. The van der Waals surface area contributed by atoms with Gasteiger partial charge in [0.2, 0.25) is 11.8 Å². The predicted octanol–water partition coefficient (Wildman–Crippen LogP) is 1.91. The summed E-state index contributed by atoms with van der Waals surface area (Å²) in [7, 11) is 0. The van der Waals surface area contributed by atoms with Crippen molar-refractivity contribution in [3.8, 4) is 0 Å². The molecule has 0 unspecified atom stereocenters. The highest BCUT2D eigenvalue weighted by molar-refractivity contribution is 5.97. The molecule has 2 atom stereocenters.